The van der Waals surface area contributed by atoms with E-state index < -0.39 is 0 Å². The molecule has 0 bridgehead atoms. The largest absolute Gasteiger partial charge is 0.357 e. The summed E-state index contributed by atoms with van der Waals surface area (Å²) in [6.07, 6.45) is 7.20. The van der Waals surface area contributed by atoms with Crippen LogP contribution in [0.5, 0.6) is 0 Å². The number of rotatable bonds is 6. The predicted octanol–water partition coefficient (Wildman–Crippen LogP) is 1.70. The Hall–Kier alpha value is -2.18. The first-order chi connectivity index (χ1) is 9.80. The summed E-state index contributed by atoms with van der Waals surface area (Å²) >= 11 is 0. The van der Waals surface area contributed by atoms with Crippen molar-refractivity contribution in [2.45, 2.75) is 32.2 Å². The van der Waals surface area contributed by atoms with Gasteiger partial charge in [-0.15, -0.1) is 0 Å². The smallest absolute Gasteiger partial charge is 0.257 e. The Balaban J connectivity index is 1.79. The third-order valence-electron chi connectivity index (χ3n) is 3.45. The van der Waals surface area contributed by atoms with Crippen LogP contribution in [-0.2, 0) is 0 Å². The molecule has 0 radical (unpaired) electrons. The minimum Gasteiger partial charge on any atom is -0.357 e. The lowest BCUT2D eigenvalue weighted by molar-refractivity contribution is 0.690. The van der Waals surface area contributed by atoms with E-state index >= 15 is 0 Å². The summed E-state index contributed by atoms with van der Waals surface area (Å²) < 4.78 is 1.63. The molecule has 2 aromatic heterocycles. The van der Waals surface area contributed by atoms with E-state index in [2.05, 4.69) is 37.6 Å². The lowest BCUT2D eigenvalue weighted by atomic mass is 10.2. The van der Waals surface area contributed by atoms with Gasteiger partial charge in [0.1, 0.15) is 0 Å². The molecule has 7 heteroatoms. The van der Waals surface area contributed by atoms with Gasteiger partial charge in [0.25, 0.3) is 5.95 Å². The van der Waals surface area contributed by atoms with Gasteiger partial charge in [0.15, 0.2) is 0 Å². The van der Waals surface area contributed by atoms with Gasteiger partial charge in [0.2, 0.25) is 11.9 Å². The normalized spacial score (nSPS) is 20.7. The molecule has 0 amide bonds. The minimum absolute atomic E-state index is 0.493. The van der Waals surface area contributed by atoms with Crippen molar-refractivity contribution in [2.75, 3.05) is 17.7 Å². The van der Waals surface area contributed by atoms with Crippen molar-refractivity contribution in [2.24, 2.45) is 5.92 Å². The van der Waals surface area contributed by atoms with Gasteiger partial charge < -0.3 is 10.6 Å². The number of aromatic nitrogens is 5. The Bertz CT molecular complexity index is 566. The first-order valence-electron chi connectivity index (χ1n) is 7.00. The van der Waals surface area contributed by atoms with E-state index in [0.29, 0.717) is 23.9 Å². The second-order valence-corrected chi connectivity index (χ2v) is 5.02. The van der Waals surface area contributed by atoms with Crippen LogP contribution >= 0.6 is 0 Å². The van der Waals surface area contributed by atoms with Gasteiger partial charge >= 0.3 is 0 Å². The van der Waals surface area contributed by atoms with Crippen molar-refractivity contribution in [3.05, 3.63) is 18.5 Å². The first kappa shape index (κ1) is 12.8. The van der Waals surface area contributed by atoms with Crippen molar-refractivity contribution in [1.82, 2.24) is 24.7 Å². The molecule has 7 nitrogen and oxygen atoms in total. The maximum absolute atomic E-state index is 4.43. The summed E-state index contributed by atoms with van der Waals surface area (Å²) in [6, 6.07) is 2.33. The summed E-state index contributed by atoms with van der Waals surface area (Å²) in [5.41, 5.74) is 0. The van der Waals surface area contributed by atoms with Gasteiger partial charge in [0, 0.05) is 25.5 Å². The van der Waals surface area contributed by atoms with Gasteiger partial charge in [0.05, 0.1) is 0 Å². The van der Waals surface area contributed by atoms with Crippen LogP contribution in [0.1, 0.15) is 26.2 Å². The molecule has 1 aliphatic rings. The number of nitrogens with one attached hydrogen (secondary N) is 2. The number of hydrogen-bond donors (Lipinski definition) is 2. The lowest BCUT2D eigenvalue weighted by Crippen LogP contribution is -2.13. The van der Waals surface area contributed by atoms with Crippen LogP contribution in [0.3, 0.4) is 0 Å². The van der Waals surface area contributed by atoms with Crippen LogP contribution in [0.15, 0.2) is 18.5 Å². The molecule has 2 N–H and O–H groups in total. The zero-order valence-electron chi connectivity index (χ0n) is 11.7. The molecule has 0 aromatic carbocycles. The Morgan fingerprint density at radius 2 is 2.15 bits per heavy atom. The van der Waals surface area contributed by atoms with Crippen LogP contribution in [0, 0.1) is 5.92 Å². The van der Waals surface area contributed by atoms with Crippen LogP contribution in [0.25, 0.3) is 5.95 Å². The first-order valence-corrected chi connectivity index (χ1v) is 7.00. The molecular formula is C13H19N7. The monoisotopic (exact) mass is 273 g/mol. The highest BCUT2D eigenvalue weighted by atomic mass is 15.4. The fourth-order valence-electron chi connectivity index (χ4n) is 2.31. The molecule has 1 fully saturated rings. The van der Waals surface area contributed by atoms with E-state index in [9.17, 15) is 0 Å². The average molecular weight is 273 g/mol. The number of nitrogens with zero attached hydrogens (tertiary/aromatic N) is 5. The van der Waals surface area contributed by atoms with E-state index in [-0.39, 0.29) is 0 Å². The topological polar surface area (TPSA) is 80.5 Å². The molecule has 3 rings (SSSR count). The summed E-state index contributed by atoms with van der Waals surface area (Å²) in [6.45, 7) is 2.22. The highest BCUT2D eigenvalue weighted by molar-refractivity contribution is 5.39. The Morgan fingerprint density at radius 1 is 1.30 bits per heavy atom. The Morgan fingerprint density at radius 3 is 2.85 bits per heavy atom. The minimum atomic E-state index is 0.493. The molecule has 0 aliphatic heterocycles. The van der Waals surface area contributed by atoms with E-state index in [1.165, 1.54) is 19.3 Å². The molecule has 2 heterocycles. The standard InChI is InChI=1S/C13H19N7/c1-3-5-9-8-10(9)16-12-17-11(14-2)18-13(19-12)20-7-4-6-15-20/h4,6-7,9-10H,3,5,8H2,1-2H3,(H2,14,16,17,18,19). The Labute approximate surface area is 117 Å². The van der Waals surface area contributed by atoms with E-state index in [0.717, 1.165) is 5.92 Å². The maximum Gasteiger partial charge on any atom is 0.257 e. The molecule has 106 valence electrons. The molecule has 20 heavy (non-hydrogen) atoms. The summed E-state index contributed by atoms with van der Waals surface area (Å²) in [5, 5.41) is 10.5. The van der Waals surface area contributed by atoms with Crippen LogP contribution in [0.2, 0.25) is 0 Å². The zero-order valence-corrected chi connectivity index (χ0v) is 11.7. The number of anilines is 2. The molecule has 1 saturated carbocycles. The highest BCUT2D eigenvalue weighted by Gasteiger charge is 2.36. The van der Waals surface area contributed by atoms with E-state index in [1.807, 2.05) is 12.3 Å². The summed E-state index contributed by atoms with van der Waals surface area (Å²) in [7, 11) is 1.79. The van der Waals surface area contributed by atoms with Gasteiger partial charge in [-0.1, -0.05) is 13.3 Å². The molecule has 2 unspecified atom stereocenters. The third kappa shape index (κ3) is 2.71. The fourth-order valence-corrected chi connectivity index (χ4v) is 2.31. The second kappa shape index (κ2) is 5.44. The van der Waals surface area contributed by atoms with Crippen LogP contribution in [0.4, 0.5) is 11.9 Å². The van der Waals surface area contributed by atoms with Crippen molar-refractivity contribution < 1.29 is 0 Å². The summed E-state index contributed by atoms with van der Waals surface area (Å²) in [4.78, 5) is 13.1. The highest BCUT2D eigenvalue weighted by Crippen LogP contribution is 2.36. The fraction of sp³-hybridized carbons (Fsp3) is 0.538. The lowest BCUT2D eigenvalue weighted by Gasteiger charge is -2.08. The van der Waals surface area contributed by atoms with Gasteiger partial charge in [-0.3, -0.25) is 0 Å². The molecule has 1 aliphatic carbocycles. The van der Waals surface area contributed by atoms with Crippen LogP contribution in [-0.4, -0.2) is 37.8 Å². The second-order valence-electron chi connectivity index (χ2n) is 5.02. The van der Waals surface area contributed by atoms with Crippen molar-refractivity contribution in [3.63, 3.8) is 0 Å². The SMILES string of the molecule is CCCC1CC1Nc1nc(NC)nc(-n2cccn2)n1. The van der Waals surface area contributed by atoms with Crippen molar-refractivity contribution in [3.8, 4) is 5.95 Å². The van der Waals surface area contributed by atoms with Gasteiger partial charge in [-0.25, -0.2) is 4.68 Å². The Kier molecular flexibility index (Phi) is 3.49. The quantitative estimate of drug-likeness (QED) is 0.834. The number of hydrogen-bond acceptors (Lipinski definition) is 6. The van der Waals surface area contributed by atoms with E-state index in [1.54, 1.807) is 17.9 Å². The van der Waals surface area contributed by atoms with Crippen molar-refractivity contribution >= 4 is 11.9 Å². The third-order valence-corrected chi connectivity index (χ3v) is 3.45. The van der Waals surface area contributed by atoms with E-state index in [4.69, 9.17) is 0 Å². The molecule has 2 atom stereocenters. The summed E-state index contributed by atoms with van der Waals surface area (Å²) in [5.74, 6) is 2.42. The van der Waals surface area contributed by atoms with Crippen LogP contribution < -0.4 is 10.6 Å². The molecule has 2 aromatic rings. The zero-order chi connectivity index (χ0) is 13.9. The molecule has 0 spiro atoms. The molecular weight excluding hydrogens is 254 g/mol. The van der Waals surface area contributed by atoms with Gasteiger partial charge in [-0.2, -0.15) is 20.1 Å². The average Bonchev–Trinajstić information content (AvgIpc) is 2.97. The van der Waals surface area contributed by atoms with Gasteiger partial charge in [-0.05, 0) is 24.8 Å². The predicted molar refractivity (Wildman–Crippen MR) is 76.9 cm³/mol. The maximum atomic E-state index is 4.43. The van der Waals surface area contributed by atoms with Crippen molar-refractivity contribution in [1.29, 1.82) is 0 Å². The molecule has 0 saturated heterocycles.